The largest absolute Gasteiger partial charge is 0.481 e. The molecule has 2 atom stereocenters. The third kappa shape index (κ3) is 3.13. The first-order valence-electron chi connectivity index (χ1n) is 6.97. The van der Waals surface area contributed by atoms with Crippen LogP contribution in [-0.4, -0.2) is 78.8 Å². The van der Waals surface area contributed by atoms with Crippen LogP contribution in [-0.2, 0) is 15.0 Å². The van der Waals surface area contributed by atoms with Gasteiger partial charge in [-0.1, -0.05) is 0 Å². The Hall–Kier alpha value is -0.700. The maximum atomic E-state index is 12.5. The topological polar surface area (TPSA) is 81.2 Å². The second-order valence-corrected chi connectivity index (χ2v) is 7.71. The molecular formula is C12H23N3O4S. The van der Waals surface area contributed by atoms with E-state index in [-0.39, 0.29) is 19.0 Å². The molecule has 2 heterocycles. The normalized spacial score (nSPS) is 28.8. The minimum Gasteiger partial charge on any atom is -0.481 e. The summed E-state index contributed by atoms with van der Waals surface area (Å²) in [5, 5.41) is 8.66. The maximum absolute atomic E-state index is 12.5. The van der Waals surface area contributed by atoms with Gasteiger partial charge in [-0.25, -0.2) is 0 Å². The van der Waals surface area contributed by atoms with Crippen LogP contribution in [0.3, 0.4) is 0 Å². The summed E-state index contributed by atoms with van der Waals surface area (Å²) in [5.74, 6) is -0.985. The zero-order valence-corrected chi connectivity index (χ0v) is 12.8. The van der Waals surface area contributed by atoms with Crippen molar-refractivity contribution in [2.24, 2.45) is 0 Å². The average molecular weight is 305 g/mol. The Labute approximate surface area is 120 Å². The van der Waals surface area contributed by atoms with Crippen LogP contribution in [0.5, 0.6) is 0 Å². The molecule has 2 aliphatic rings. The van der Waals surface area contributed by atoms with Crippen molar-refractivity contribution in [3.63, 3.8) is 0 Å². The molecule has 0 radical (unpaired) electrons. The average Bonchev–Trinajstić information content (AvgIpc) is 2.59. The smallest absolute Gasteiger partial charge is 0.304 e. The highest BCUT2D eigenvalue weighted by Crippen LogP contribution is 2.29. The summed E-state index contributed by atoms with van der Waals surface area (Å²) < 4.78 is 27.6. The highest BCUT2D eigenvalue weighted by Gasteiger charge is 2.39. The van der Waals surface area contributed by atoms with Crippen LogP contribution in [0.4, 0.5) is 0 Å². The third-order valence-corrected chi connectivity index (χ3v) is 6.43. The molecule has 2 saturated heterocycles. The van der Waals surface area contributed by atoms with E-state index in [1.165, 1.54) is 11.4 Å². The molecule has 0 aromatic heterocycles. The highest BCUT2D eigenvalue weighted by molar-refractivity contribution is 7.86. The van der Waals surface area contributed by atoms with Crippen LogP contribution in [0.2, 0.25) is 0 Å². The molecule has 2 fully saturated rings. The lowest BCUT2D eigenvalue weighted by Crippen LogP contribution is -2.46. The van der Waals surface area contributed by atoms with E-state index in [4.69, 9.17) is 5.11 Å². The van der Waals surface area contributed by atoms with E-state index in [1.807, 2.05) is 0 Å². The SMILES string of the molecule is CN1C2CCC1CN(S(=O)(=O)N(C)CCC(=O)O)CC2. The maximum Gasteiger partial charge on any atom is 0.304 e. The number of carboxylic acids is 1. The van der Waals surface area contributed by atoms with Crippen molar-refractivity contribution in [3.8, 4) is 0 Å². The zero-order valence-electron chi connectivity index (χ0n) is 12.0. The summed E-state index contributed by atoms with van der Waals surface area (Å²) in [6.07, 6.45) is 2.85. The van der Waals surface area contributed by atoms with Gasteiger partial charge in [0.1, 0.15) is 0 Å². The molecule has 2 aliphatic heterocycles. The standard InChI is InChI=1S/C12H23N3O4S/c1-13(7-6-12(16)17)20(18,19)15-8-5-10-3-4-11(9-15)14(10)2/h10-11H,3-9H2,1-2H3,(H,16,17). The Kier molecular flexibility index (Phi) is 4.68. The molecule has 0 spiro atoms. The van der Waals surface area contributed by atoms with Gasteiger partial charge >= 0.3 is 5.97 Å². The van der Waals surface area contributed by atoms with Gasteiger partial charge in [0.05, 0.1) is 6.42 Å². The summed E-state index contributed by atoms with van der Waals surface area (Å²) in [6.45, 7) is 1.04. The summed E-state index contributed by atoms with van der Waals surface area (Å²) in [6, 6.07) is 0.759. The van der Waals surface area contributed by atoms with E-state index >= 15 is 0 Å². The van der Waals surface area contributed by atoms with Crippen molar-refractivity contribution in [2.75, 3.05) is 33.7 Å². The summed E-state index contributed by atoms with van der Waals surface area (Å²) in [5.41, 5.74) is 0. The number of carboxylic acid groups (broad SMARTS) is 1. The molecule has 8 heteroatoms. The lowest BCUT2D eigenvalue weighted by molar-refractivity contribution is -0.137. The van der Waals surface area contributed by atoms with Crippen LogP contribution in [0.1, 0.15) is 25.7 Å². The van der Waals surface area contributed by atoms with Crippen molar-refractivity contribution in [1.29, 1.82) is 0 Å². The number of likely N-dealkylation sites (N-methyl/N-ethyl adjacent to an activating group) is 1. The van der Waals surface area contributed by atoms with Crippen LogP contribution in [0.15, 0.2) is 0 Å². The summed E-state index contributed by atoms with van der Waals surface area (Å²) in [4.78, 5) is 12.9. The number of hydrogen-bond donors (Lipinski definition) is 1. The number of fused-ring (bicyclic) bond motifs is 2. The number of rotatable bonds is 5. The molecule has 0 aliphatic carbocycles. The molecule has 2 bridgehead atoms. The monoisotopic (exact) mass is 305 g/mol. The van der Waals surface area contributed by atoms with E-state index in [9.17, 15) is 13.2 Å². The second kappa shape index (κ2) is 5.97. The van der Waals surface area contributed by atoms with Gasteiger partial charge < -0.3 is 5.11 Å². The summed E-state index contributed by atoms with van der Waals surface area (Å²) >= 11 is 0. The molecule has 2 rings (SSSR count). The number of carbonyl (C=O) groups is 1. The Bertz CT molecular complexity index is 467. The highest BCUT2D eigenvalue weighted by atomic mass is 32.2. The quantitative estimate of drug-likeness (QED) is 0.761. The Morgan fingerprint density at radius 3 is 2.60 bits per heavy atom. The molecule has 2 unspecified atom stereocenters. The molecule has 20 heavy (non-hydrogen) atoms. The third-order valence-electron chi connectivity index (χ3n) is 4.47. The first kappa shape index (κ1) is 15.7. The van der Waals surface area contributed by atoms with Gasteiger partial charge in [0.25, 0.3) is 10.2 Å². The van der Waals surface area contributed by atoms with Gasteiger partial charge in [0.2, 0.25) is 0 Å². The molecule has 116 valence electrons. The lowest BCUT2D eigenvalue weighted by Gasteiger charge is -2.29. The van der Waals surface area contributed by atoms with Crippen molar-refractivity contribution >= 4 is 16.2 Å². The first-order chi connectivity index (χ1) is 9.32. The van der Waals surface area contributed by atoms with E-state index in [0.29, 0.717) is 19.1 Å². The Morgan fingerprint density at radius 2 is 1.95 bits per heavy atom. The van der Waals surface area contributed by atoms with Gasteiger partial charge in [0, 0.05) is 38.8 Å². The first-order valence-corrected chi connectivity index (χ1v) is 8.37. The number of nitrogens with zero attached hydrogens (tertiary/aromatic N) is 3. The van der Waals surface area contributed by atoms with Crippen molar-refractivity contribution in [2.45, 2.75) is 37.8 Å². The molecule has 0 saturated carbocycles. The second-order valence-electron chi connectivity index (χ2n) is 5.67. The molecule has 0 aromatic carbocycles. The fraction of sp³-hybridized carbons (Fsp3) is 0.917. The van der Waals surface area contributed by atoms with Crippen LogP contribution in [0.25, 0.3) is 0 Å². The Morgan fingerprint density at radius 1 is 1.30 bits per heavy atom. The lowest BCUT2D eigenvalue weighted by atomic mass is 10.1. The zero-order chi connectivity index (χ0) is 14.9. The number of aliphatic carboxylic acids is 1. The predicted molar refractivity (Wildman–Crippen MR) is 74.6 cm³/mol. The molecule has 1 N–H and O–H groups in total. The van der Waals surface area contributed by atoms with Gasteiger partial charge in [-0.05, 0) is 26.3 Å². The number of hydrogen-bond acceptors (Lipinski definition) is 4. The summed E-state index contributed by atoms with van der Waals surface area (Å²) in [7, 11) is -0.0386. The van der Waals surface area contributed by atoms with Crippen LogP contribution >= 0.6 is 0 Å². The van der Waals surface area contributed by atoms with Crippen molar-refractivity contribution in [3.05, 3.63) is 0 Å². The minimum absolute atomic E-state index is 0.0120. The molecule has 0 amide bonds. The van der Waals surface area contributed by atoms with Crippen molar-refractivity contribution < 1.29 is 18.3 Å². The fourth-order valence-electron chi connectivity index (χ4n) is 3.05. The van der Waals surface area contributed by atoms with Gasteiger partial charge in [0.15, 0.2) is 0 Å². The minimum atomic E-state index is -3.55. The van der Waals surface area contributed by atoms with Crippen molar-refractivity contribution in [1.82, 2.24) is 13.5 Å². The van der Waals surface area contributed by atoms with E-state index in [1.54, 1.807) is 0 Å². The molecule has 0 aromatic rings. The van der Waals surface area contributed by atoms with E-state index < -0.39 is 16.2 Å². The molecular weight excluding hydrogens is 282 g/mol. The predicted octanol–water partition coefficient (Wildman–Crippen LogP) is -0.194. The Balaban J connectivity index is 2.04. The van der Waals surface area contributed by atoms with Crippen LogP contribution in [0, 0.1) is 0 Å². The van der Waals surface area contributed by atoms with Gasteiger partial charge in [-0.15, -0.1) is 0 Å². The van der Waals surface area contributed by atoms with E-state index in [2.05, 4.69) is 11.9 Å². The van der Waals surface area contributed by atoms with Gasteiger partial charge in [-0.3, -0.25) is 9.69 Å². The molecule has 7 nitrogen and oxygen atoms in total. The van der Waals surface area contributed by atoms with Crippen LogP contribution < -0.4 is 0 Å². The fourth-order valence-corrected chi connectivity index (χ4v) is 4.47. The van der Waals surface area contributed by atoms with E-state index in [0.717, 1.165) is 23.6 Å². The van der Waals surface area contributed by atoms with Gasteiger partial charge in [-0.2, -0.15) is 17.0 Å².